The third-order valence-corrected chi connectivity index (χ3v) is 4.57. The molecule has 1 atom stereocenters. The molecule has 0 N–H and O–H groups in total. The Balaban J connectivity index is 1.75. The van der Waals surface area contributed by atoms with E-state index in [1.807, 2.05) is 31.2 Å². The smallest absolute Gasteiger partial charge is 0.277 e. The van der Waals surface area contributed by atoms with Gasteiger partial charge in [0, 0.05) is 11.1 Å². The van der Waals surface area contributed by atoms with E-state index in [1.165, 1.54) is 6.07 Å². The molecule has 4 nitrogen and oxygen atoms in total. The topological polar surface area (TPSA) is 56.0 Å². The molecule has 0 aliphatic heterocycles. The minimum absolute atomic E-state index is 0.0949. The first-order valence-corrected chi connectivity index (χ1v) is 8.39. The molecule has 1 heterocycles. The van der Waals surface area contributed by atoms with E-state index in [9.17, 15) is 13.6 Å². The van der Waals surface area contributed by atoms with E-state index in [0.717, 1.165) is 35.0 Å². The second-order valence-corrected chi connectivity index (χ2v) is 6.73. The van der Waals surface area contributed by atoms with Crippen molar-refractivity contribution in [1.82, 2.24) is 10.2 Å². The average Bonchev–Trinajstić information content (AvgIpc) is 3.05. The number of carbonyl (C=O) groups excluding carboxylic acids is 1. The lowest BCUT2D eigenvalue weighted by molar-refractivity contribution is 0.0993. The van der Waals surface area contributed by atoms with Crippen molar-refractivity contribution in [2.45, 2.75) is 24.3 Å². The first kappa shape index (κ1) is 17.3. The van der Waals surface area contributed by atoms with Gasteiger partial charge in [0.1, 0.15) is 0 Å². The molecule has 7 heteroatoms. The number of ketones is 1. The molecule has 128 valence electrons. The molecule has 0 aliphatic carbocycles. The van der Waals surface area contributed by atoms with E-state index in [2.05, 4.69) is 10.2 Å². The van der Waals surface area contributed by atoms with Gasteiger partial charge in [0.05, 0.1) is 5.25 Å². The highest BCUT2D eigenvalue weighted by Gasteiger charge is 2.21. The van der Waals surface area contributed by atoms with Crippen LogP contribution in [-0.4, -0.2) is 21.2 Å². The van der Waals surface area contributed by atoms with Gasteiger partial charge in [-0.15, -0.1) is 10.2 Å². The number of Topliss-reactive ketones (excluding diaryl/α,β-unsaturated/α-hetero) is 1. The zero-order valence-corrected chi connectivity index (χ0v) is 14.3. The molecule has 0 bridgehead atoms. The quantitative estimate of drug-likeness (QED) is 0.488. The van der Waals surface area contributed by atoms with Gasteiger partial charge in [-0.2, -0.15) is 0 Å². The number of halogens is 2. The molecule has 0 unspecified atom stereocenters. The number of hydrogen-bond acceptors (Lipinski definition) is 5. The molecule has 0 saturated carbocycles. The summed E-state index contributed by atoms with van der Waals surface area (Å²) in [5, 5.41) is 7.59. The molecular weight excluding hydrogens is 346 g/mol. The summed E-state index contributed by atoms with van der Waals surface area (Å²) in [5.74, 6) is -2.02. The minimum Gasteiger partial charge on any atom is -0.411 e. The van der Waals surface area contributed by atoms with Gasteiger partial charge in [0.15, 0.2) is 17.4 Å². The van der Waals surface area contributed by atoms with Crippen LogP contribution < -0.4 is 0 Å². The zero-order valence-electron chi connectivity index (χ0n) is 13.5. The molecule has 1 aromatic heterocycles. The van der Waals surface area contributed by atoms with E-state index in [1.54, 1.807) is 6.92 Å². The Morgan fingerprint density at radius 1 is 1.12 bits per heavy atom. The monoisotopic (exact) mass is 360 g/mol. The largest absolute Gasteiger partial charge is 0.411 e. The summed E-state index contributed by atoms with van der Waals surface area (Å²) in [5.41, 5.74) is 1.91. The van der Waals surface area contributed by atoms with Crippen molar-refractivity contribution in [3.63, 3.8) is 0 Å². The lowest BCUT2D eigenvalue weighted by Crippen LogP contribution is -2.14. The van der Waals surface area contributed by atoms with Gasteiger partial charge in [-0.1, -0.05) is 30.0 Å². The van der Waals surface area contributed by atoms with Crippen molar-refractivity contribution in [3.8, 4) is 11.5 Å². The molecule has 0 aliphatic rings. The number of aryl methyl sites for hydroxylation is 1. The summed E-state index contributed by atoms with van der Waals surface area (Å²) in [6, 6.07) is 10.7. The van der Waals surface area contributed by atoms with Crippen LogP contribution in [0.25, 0.3) is 11.5 Å². The second kappa shape index (κ2) is 7.14. The molecule has 0 amide bonds. The van der Waals surface area contributed by atoms with Gasteiger partial charge in [0.2, 0.25) is 5.89 Å². The predicted molar refractivity (Wildman–Crippen MR) is 90.5 cm³/mol. The Bertz CT molecular complexity index is 927. The summed E-state index contributed by atoms with van der Waals surface area (Å²) in [7, 11) is 0. The van der Waals surface area contributed by atoms with Gasteiger partial charge in [-0.25, -0.2) is 8.78 Å². The van der Waals surface area contributed by atoms with Crippen LogP contribution in [0.1, 0.15) is 22.8 Å². The maximum absolute atomic E-state index is 13.3. The maximum atomic E-state index is 13.3. The predicted octanol–water partition coefficient (Wildman–Crippen LogP) is 4.69. The summed E-state index contributed by atoms with van der Waals surface area (Å²) < 4.78 is 31.9. The van der Waals surface area contributed by atoms with Crippen LogP contribution in [0.5, 0.6) is 0 Å². The lowest BCUT2D eigenvalue weighted by atomic mass is 10.1. The summed E-state index contributed by atoms with van der Waals surface area (Å²) in [6.45, 7) is 3.58. The summed E-state index contributed by atoms with van der Waals surface area (Å²) in [6.07, 6.45) is 0. The summed E-state index contributed by atoms with van der Waals surface area (Å²) >= 11 is 1.07. The van der Waals surface area contributed by atoms with Crippen LogP contribution in [0.4, 0.5) is 8.78 Å². The molecule has 2 aromatic carbocycles. The third kappa shape index (κ3) is 3.76. The maximum Gasteiger partial charge on any atom is 0.277 e. The normalized spacial score (nSPS) is 12.2. The molecule has 0 fully saturated rings. The molecule has 0 spiro atoms. The van der Waals surface area contributed by atoms with Crippen LogP contribution in [0.15, 0.2) is 52.1 Å². The van der Waals surface area contributed by atoms with E-state index in [0.29, 0.717) is 5.89 Å². The molecule has 3 aromatic rings. The fourth-order valence-corrected chi connectivity index (χ4v) is 3.03. The van der Waals surface area contributed by atoms with Crippen molar-refractivity contribution in [3.05, 3.63) is 65.2 Å². The summed E-state index contributed by atoms with van der Waals surface area (Å²) in [4.78, 5) is 12.3. The number of thioether (sulfide) groups is 1. The number of hydrogen-bond donors (Lipinski definition) is 0. The number of carbonyl (C=O) groups is 1. The van der Waals surface area contributed by atoms with Gasteiger partial charge in [0.25, 0.3) is 5.22 Å². The number of benzene rings is 2. The van der Waals surface area contributed by atoms with Crippen molar-refractivity contribution >= 4 is 17.5 Å². The number of rotatable bonds is 5. The van der Waals surface area contributed by atoms with Crippen LogP contribution >= 0.6 is 11.8 Å². The Labute approximate surface area is 147 Å². The molecule has 25 heavy (non-hydrogen) atoms. The lowest BCUT2D eigenvalue weighted by Gasteiger charge is -2.07. The standard InChI is InChI=1S/C18H14F2N2O2S/c1-10-5-3-4-6-13(10)17-21-22-18(24-17)25-11(2)16(23)12-7-8-14(19)15(20)9-12/h3-9,11H,1-2H3/t11-/m1/s1. The molecule has 0 saturated heterocycles. The second-order valence-electron chi connectivity index (χ2n) is 5.44. The number of aromatic nitrogens is 2. The van der Waals surface area contributed by atoms with Crippen LogP contribution in [0.3, 0.4) is 0 Å². The average molecular weight is 360 g/mol. The van der Waals surface area contributed by atoms with Crippen molar-refractivity contribution in [1.29, 1.82) is 0 Å². The minimum atomic E-state index is -1.05. The van der Waals surface area contributed by atoms with E-state index >= 15 is 0 Å². The van der Waals surface area contributed by atoms with Crippen molar-refractivity contribution in [2.75, 3.05) is 0 Å². The first-order valence-electron chi connectivity index (χ1n) is 7.51. The van der Waals surface area contributed by atoms with E-state index in [4.69, 9.17) is 4.42 Å². The SMILES string of the molecule is Cc1ccccc1-c1nnc(S[C@H](C)C(=O)c2ccc(F)c(F)c2)o1. The Morgan fingerprint density at radius 2 is 1.88 bits per heavy atom. The van der Waals surface area contributed by atoms with Gasteiger partial charge < -0.3 is 4.42 Å². The zero-order chi connectivity index (χ0) is 18.0. The fourth-order valence-electron chi connectivity index (χ4n) is 2.27. The van der Waals surface area contributed by atoms with Crippen LogP contribution in [-0.2, 0) is 0 Å². The number of nitrogens with zero attached hydrogens (tertiary/aromatic N) is 2. The molecular formula is C18H14F2N2O2S. The third-order valence-electron chi connectivity index (χ3n) is 3.63. The van der Waals surface area contributed by atoms with Gasteiger partial charge >= 0.3 is 0 Å². The first-order chi connectivity index (χ1) is 12.0. The highest BCUT2D eigenvalue weighted by atomic mass is 32.2. The van der Waals surface area contributed by atoms with Gasteiger partial charge in [-0.05, 0) is 43.7 Å². The van der Waals surface area contributed by atoms with Crippen molar-refractivity contribution < 1.29 is 18.0 Å². The van der Waals surface area contributed by atoms with Crippen LogP contribution in [0.2, 0.25) is 0 Å². The van der Waals surface area contributed by atoms with Crippen molar-refractivity contribution in [2.24, 2.45) is 0 Å². The van der Waals surface area contributed by atoms with Crippen LogP contribution in [0, 0.1) is 18.6 Å². The highest BCUT2D eigenvalue weighted by Crippen LogP contribution is 2.29. The molecule has 3 rings (SSSR count). The molecule has 0 radical (unpaired) electrons. The Hall–Kier alpha value is -2.54. The highest BCUT2D eigenvalue weighted by molar-refractivity contribution is 8.00. The van der Waals surface area contributed by atoms with E-state index < -0.39 is 16.9 Å². The Morgan fingerprint density at radius 3 is 2.60 bits per heavy atom. The fraction of sp³-hybridized carbons (Fsp3) is 0.167. The van der Waals surface area contributed by atoms with E-state index in [-0.39, 0.29) is 16.6 Å². The Kier molecular flexibility index (Phi) is 4.94. The van der Waals surface area contributed by atoms with Gasteiger partial charge in [-0.3, -0.25) is 4.79 Å².